The molecule has 1 aliphatic rings. The Hall–Kier alpha value is -2.08. The molecule has 1 aromatic carbocycles. The third-order valence-electron chi connectivity index (χ3n) is 3.17. The molecule has 0 unspecified atom stereocenters. The fourth-order valence-electron chi connectivity index (χ4n) is 1.99. The largest absolute Gasteiger partial charge is 0.396 e. The van der Waals surface area contributed by atoms with Gasteiger partial charge in [0.15, 0.2) is 0 Å². The maximum Gasteiger partial charge on any atom is 0.312 e. The highest BCUT2D eigenvalue weighted by Gasteiger charge is 2.30. The Morgan fingerprint density at radius 2 is 1.95 bits per heavy atom. The molecule has 3 amide bonds. The third kappa shape index (κ3) is 3.23. The number of carbonyl (C=O) groups excluding carboxylic acids is 2. The number of nitrogens with two attached hydrogens (primary N) is 1. The number of primary amides is 1. The lowest BCUT2D eigenvalue weighted by Crippen LogP contribution is -2.51. The Morgan fingerprint density at radius 1 is 1.32 bits per heavy atom. The van der Waals surface area contributed by atoms with Crippen molar-refractivity contribution in [3.63, 3.8) is 0 Å². The SMILES string of the molecule is NC(=O)NCc1ccc(C(=O)N2CC(CO)C2)cc1. The van der Waals surface area contributed by atoms with Crippen LogP contribution in [0.25, 0.3) is 0 Å². The number of nitrogens with one attached hydrogen (secondary N) is 1. The summed E-state index contributed by atoms with van der Waals surface area (Å²) in [7, 11) is 0. The van der Waals surface area contributed by atoms with Gasteiger partial charge in [-0.15, -0.1) is 0 Å². The van der Waals surface area contributed by atoms with Gasteiger partial charge >= 0.3 is 6.03 Å². The van der Waals surface area contributed by atoms with E-state index in [0.29, 0.717) is 25.2 Å². The molecule has 1 saturated heterocycles. The molecule has 6 heteroatoms. The fourth-order valence-corrected chi connectivity index (χ4v) is 1.99. The first-order chi connectivity index (χ1) is 9.10. The van der Waals surface area contributed by atoms with E-state index in [2.05, 4.69) is 5.32 Å². The summed E-state index contributed by atoms with van der Waals surface area (Å²) in [6.45, 7) is 1.70. The Balaban J connectivity index is 1.91. The van der Waals surface area contributed by atoms with E-state index in [1.807, 2.05) is 0 Å². The summed E-state index contributed by atoms with van der Waals surface area (Å²) < 4.78 is 0. The standard InChI is InChI=1S/C13H17N3O3/c14-13(19)15-5-9-1-3-11(4-2-9)12(18)16-6-10(7-16)8-17/h1-4,10,17H,5-8H2,(H3,14,15,19). The van der Waals surface area contributed by atoms with E-state index >= 15 is 0 Å². The molecule has 1 fully saturated rings. The van der Waals surface area contributed by atoms with Gasteiger partial charge in [0.1, 0.15) is 0 Å². The van der Waals surface area contributed by atoms with Crippen LogP contribution in [0.4, 0.5) is 4.79 Å². The number of amides is 3. The van der Waals surface area contributed by atoms with Gasteiger partial charge in [0.25, 0.3) is 5.91 Å². The minimum atomic E-state index is -0.573. The van der Waals surface area contributed by atoms with Crippen LogP contribution in [0.5, 0.6) is 0 Å². The van der Waals surface area contributed by atoms with Crippen LogP contribution in [0.15, 0.2) is 24.3 Å². The van der Waals surface area contributed by atoms with Gasteiger partial charge in [0.05, 0.1) is 0 Å². The number of nitrogens with zero attached hydrogens (tertiary/aromatic N) is 1. The van der Waals surface area contributed by atoms with Gasteiger partial charge < -0.3 is 21.1 Å². The molecule has 1 aliphatic heterocycles. The monoisotopic (exact) mass is 263 g/mol. The molecule has 19 heavy (non-hydrogen) atoms. The van der Waals surface area contributed by atoms with E-state index in [-0.39, 0.29) is 18.4 Å². The number of urea groups is 1. The highest BCUT2D eigenvalue weighted by atomic mass is 16.3. The minimum Gasteiger partial charge on any atom is -0.396 e. The maximum atomic E-state index is 12.0. The van der Waals surface area contributed by atoms with E-state index in [9.17, 15) is 9.59 Å². The van der Waals surface area contributed by atoms with Crippen molar-refractivity contribution in [2.75, 3.05) is 19.7 Å². The lowest BCUT2D eigenvalue weighted by atomic mass is 9.99. The predicted molar refractivity (Wildman–Crippen MR) is 69.3 cm³/mol. The molecule has 0 saturated carbocycles. The van der Waals surface area contributed by atoms with Crippen LogP contribution in [0.2, 0.25) is 0 Å². The van der Waals surface area contributed by atoms with Crippen molar-refractivity contribution in [3.05, 3.63) is 35.4 Å². The summed E-state index contributed by atoms with van der Waals surface area (Å²) in [6.07, 6.45) is 0. The van der Waals surface area contributed by atoms with Crippen LogP contribution in [-0.2, 0) is 6.54 Å². The zero-order chi connectivity index (χ0) is 13.8. The molecule has 0 spiro atoms. The number of hydrogen-bond donors (Lipinski definition) is 3. The van der Waals surface area contributed by atoms with Crippen molar-refractivity contribution in [2.24, 2.45) is 11.7 Å². The van der Waals surface area contributed by atoms with Crippen LogP contribution in [0.3, 0.4) is 0 Å². The normalized spacial score (nSPS) is 14.9. The smallest absolute Gasteiger partial charge is 0.312 e. The molecule has 2 rings (SSSR count). The molecule has 0 atom stereocenters. The highest BCUT2D eigenvalue weighted by Crippen LogP contribution is 2.18. The fraction of sp³-hybridized carbons (Fsp3) is 0.385. The van der Waals surface area contributed by atoms with Gasteiger partial charge in [0, 0.05) is 37.7 Å². The molecule has 0 radical (unpaired) electrons. The lowest BCUT2D eigenvalue weighted by Gasteiger charge is -2.38. The highest BCUT2D eigenvalue weighted by molar-refractivity contribution is 5.94. The number of aliphatic hydroxyl groups excluding tert-OH is 1. The Labute approximate surface area is 111 Å². The number of benzene rings is 1. The zero-order valence-electron chi connectivity index (χ0n) is 10.5. The van der Waals surface area contributed by atoms with Gasteiger partial charge in [-0.2, -0.15) is 0 Å². The van der Waals surface area contributed by atoms with E-state index in [1.54, 1.807) is 29.2 Å². The predicted octanol–water partition coefficient (Wildman–Crippen LogP) is -0.0808. The van der Waals surface area contributed by atoms with Crippen molar-refractivity contribution in [1.82, 2.24) is 10.2 Å². The number of rotatable bonds is 4. The number of likely N-dealkylation sites (tertiary alicyclic amines) is 1. The first-order valence-corrected chi connectivity index (χ1v) is 6.12. The van der Waals surface area contributed by atoms with Gasteiger partial charge in [-0.25, -0.2) is 4.79 Å². The van der Waals surface area contributed by atoms with E-state index in [4.69, 9.17) is 10.8 Å². The summed E-state index contributed by atoms with van der Waals surface area (Å²) in [5.41, 5.74) is 6.47. The summed E-state index contributed by atoms with van der Waals surface area (Å²) in [5, 5.41) is 11.4. The molecule has 1 heterocycles. The first-order valence-electron chi connectivity index (χ1n) is 6.12. The second-order valence-electron chi connectivity index (χ2n) is 4.67. The summed E-state index contributed by atoms with van der Waals surface area (Å²) in [6, 6.07) is 6.45. The molecule has 102 valence electrons. The topological polar surface area (TPSA) is 95.7 Å². The maximum absolute atomic E-state index is 12.0. The van der Waals surface area contributed by atoms with Crippen molar-refractivity contribution in [2.45, 2.75) is 6.54 Å². The second kappa shape index (κ2) is 5.71. The van der Waals surface area contributed by atoms with Gasteiger partial charge in [-0.1, -0.05) is 12.1 Å². The van der Waals surface area contributed by atoms with Crippen molar-refractivity contribution in [3.8, 4) is 0 Å². The van der Waals surface area contributed by atoms with Crippen LogP contribution in [-0.4, -0.2) is 41.6 Å². The van der Waals surface area contributed by atoms with Crippen molar-refractivity contribution < 1.29 is 14.7 Å². The molecule has 0 aliphatic carbocycles. The van der Waals surface area contributed by atoms with Crippen molar-refractivity contribution in [1.29, 1.82) is 0 Å². The van der Waals surface area contributed by atoms with Gasteiger partial charge in [-0.05, 0) is 17.7 Å². The summed E-state index contributed by atoms with van der Waals surface area (Å²) >= 11 is 0. The molecule has 0 bridgehead atoms. The average molecular weight is 263 g/mol. The number of carbonyl (C=O) groups is 2. The van der Waals surface area contributed by atoms with Crippen LogP contribution >= 0.6 is 0 Å². The van der Waals surface area contributed by atoms with Crippen LogP contribution in [0.1, 0.15) is 15.9 Å². The Kier molecular flexibility index (Phi) is 4.01. The zero-order valence-corrected chi connectivity index (χ0v) is 10.5. The summed E-state index contributed by atoms with van der Waals surface area (Å²) in [4.78, 5) is 24.3. The van der Waals surface area contributed by atoms with Gasteiger partial charge in [-0.3, -0.25) is 4.79 Å². The lowest BCUT2D eigenvalue weighted by molar-refractivity contribution is 0.0362. The van der Waals surface area contributed by atoms with Crippen LogP contribution in [0, 0.1) is 5.92 Å². The summed E-state index contributed by atoms with van der Waals surface area (Å²) in [5.74, 6) is 0.183. The molecule has 0 aromatic heterocycles. The minimum absolute atomic E-state index is 0.0286. The first kappa shape index (κ1) is 13.4. The van der Waals surface area contributed by atoms with Crippen LogP contribution < -0.4 is 11.1 Å². The Bertz CT molecular complexity index is 467. The van der Waals surface area contributed by atoms with Gasteiger partial charge in [0.2, 0.25) is 0 Å². The molecule has 1 aromatic rings. The molecule has 4 N–H and O–H groups in total. The van der Waals surface area contributed by atoms with E-state index in [0.717, 1.165) is 5.56 Å². The number of aliphatic hydroxyl groups is 1. The second-order valence-corrected chi connectivity index (χ2v) is 4.67. The van der Waals surface area contributed by atoms with E-state index < -0.39 is 6.03 Å². The van der Waals surface area contributed by atoms with E-state index in [1.165, 1.54) is 0 Å². The average Bonchev–Trinajstić information content (AvgIpc) is 2.35. The molecular weight excluding hydrogens is 246 g/mol. The third-order valence-corrected chi connectivity index (χ3v) is 3.17. The quantitative estimate of drug-likeness (QED) is 0.709. The Morgan fingerprint density at radius 3 is 2.47 bits per heavy atom. The molecule has 6 nitrogen and oxygen atoms in total. The van der Waals surface area contributed by atoms with Crippen molar-refractivity contribution >= 4 is 11.9 Å². The molecular formula is C13H17N3O3. The number of hydrogen-bond acceptors (Lipinski definition) is 3.